The van der Waals surface area contributed by atoms with E-state index < -0.39 is 10.0 Å². The fourth-order valence-electron chi connectivity index (χ4n) is 3.12. The Kier molecular flexibility index (Phi) is 9.60. The topological polar surface area (TPSA) is 111 Å². The number of thioether (sulfide) groups is 1. The van der Waals surface area contributed by atoms with Crippen LogP contribution in [0.4, 0.5) is 0 Å². The molecule has 0 fully saturated rings. The number of benzene rings is 3. The molecule has 0 saturated heterocycles. The molecule has 3 aromatic carbocycles. The Labute approximate surface area is 223 Å². The summed E-state index contributed by atoms with van der Waals surface area (Å²) >= 11 is 13.7. The second-order valence-corrected chi connectivity index (χ2v) is 10.7. The van der Waals surface area contributed by atoms with Crippen LogP contribution in [0.15, 0.2) is 80.9 Å². The normalized spacial score (nSPS) is 11.3. The molecule has 0 aliphatic carbocycles. The van der Waals surface area contributed by atoms with E-state index in [0.29, 0.717) is 40.2 Å². The second-order valence-electron chi connectivity index (χ2n) is 7.33. The van der Waals surface area contributed by atoms with Gasteiger partial charge < -0.3 is 9.73 Å². The Hall–Kier alpha value is -2.11. The molecule has 0 spiro atoms. The summed E-state index contributed by atoms with van der Waals surface area (Å²) in [7, 11) is -4.02. The number of aromatic nitrogens is 2. The van der Waals surface area contributed by atoms with E-state index in [0.717, 1.165) is 11.1 Å². The van der Waals surface area contributed by atoms with Crippen LogP contribution in [-0.2, 0) is 28.9 Å². The van der Waals surface area contributed by atoms with E-state index in [1.165, 1.54) is 17.8 Å². The van der Waals surface area contributed by atoms with Gasteiger partial charge in [0.1, 0.15) is 0 Å². The van der Waals surface area contributed by atoms with E-state index in [1.807, 2.05) is 54.6 Å². The zero-order valence-electron chi connectivity index (χ0n) is 18.1. The number of nitrogens with zero attached hydrogens (tertiary/aromatic N) is 2. The lowest BCUT2D eigenvalue weighted by Gasteiger charge is -2.11. The van der Waals surface area contributed by atoms with Gasteiger partial charge in [-0.1, -0.05) is 65.7 Å². The van der Waals surface area contributed by atoms with Crippen molar-refractivity contribution in [3.8, 4) is 11.5 Å². The summed E-state index contributed by atoms with van der Waals surface area (Å²) in [6.07, 6.45) is 0. The van der Waals surface area contributed by atoms with Crippen LogP contribution < -0.4 is 10.5 Å². The SMILES string of the molecule is Cl.NS(=O)(=O)c1cc(-c2nnc(CNCc3ccc(Cl)cc3)o2)c(Cl)cc1SCc1ccccc1. The van der Waals surface area contributed by atoms with Gasteiger partial charge in [-0.2, -0.15) is 0 Å². The monoisotopic (exact) mass is 570 g/mol. The molecule has 0 atom stereocenters. The van der Waals surface area contributed by atoms with E-state index in [1.54, 1.807) is 6.07 Å². The molecule has 7 nitrogen and oxygen atoms in total. The number of halogens is 3. The number of rotatable bonds is 9. The number of sulfonamides is 1. The van der Waals surface area contributed by atoms with Gasteiger partial charge in [0.25, 0.3) is 0 Å². The fraction of sp³-hybridized carbons (Fsp3) is 0.130. The predicted molar refractivity (Wildman–Crippen MR) is 141 cm³/mol. The van der Waals surface area contributed by atoms with Crippen molar-refractivity contribution in [3.63, 3.8) is 0 Å². The minimum absolute atomic E-state index is 0. The highest BCUT2D eigenvalue weighted by molar-refractivity contribution is 7.99. The molecule has 0 aliphatic heterocycles. The third-order valence-electron chi connectivity index (χ3n) is 4.79. The first-order chi connectivity index (χ1) is 16.3. The lowest BCUT2D eigenvalue weighted by molar-refractivity contribution is 0.477. The van der Waals surface area contributed by atoms with Crippen molar-refractivity contribution in [2.24, 2.45) is 5.14 Å². The highest BCUT2D eigenvalue weighted by atomic mass is 35.5. The Bertz CT molecular complexity index is 1380. The smallest absolute Gasteiger partial charge is 0.249 e. The van der Waals surface area contributed by atoms with Crippen molar-refractivity contribution >= 4 is 57.4 Å². The van der Waals surface area contributed by atoms with Crippen LogP contribution in [0.1, 0.15) is 17.0 Å². The first-order valence-electron chi connectivity index (χ1n) is 10.1. The molecule has 0 saturated carbocycles. The van der Waals surface area contributed by atoms with Crippen molar-refractivity contribution in [2.75, 3.05) is 0 Å². The molecular weight excluding hydrogens is 551 g/mol. The Balaban J connectivity index is 0.00000342. The summed E-state index contributed by atoms with van der Waals surface area (Å²) in [4.78, 5) is 0.401. The van der Waals surface area contributed by atoms with Crippen LogP contribution in [0.5, 0.6) is 0 Å². The molecule has 4 rings (SSSR count). The van der Waals surface area contributed by atoms with Crippen molar-refractivity contribution in [2.45, 2.75) is 28.6 Å². The second kappa shape index (κ2) is 12.2. The Morgan fingerprint density at radius 2 is 1.66 bits per heavy atom. The Morgan fingerprint density at radius 1 is 0.943 bits per heavy atom. The summed E-state index contributed by atoms with van der Waals surface area (Å²) in [6.45, 7) is 0.902. The molecule has 1 aromatic heterocycles. The quantitative estimate of drug-likeness (QED) is 0.248. The third kappa shape index (κ3) is 7.44. The molecule has 0 unspecified atom stereocenters. The largest absolute Gasteiger partial charge is 0.419 e. The highest BCUT2D eigenvalue weighted by Gasteiger charge is 2.21. The van der Waals surface area contributed by atoms with Gasteiger partial charge in [-0.15, -0.1) is 34.4 Å². The molecule has 0 radical (unpaired) electrons. The van der Waals surface area contributed by atoms with Gasteiger partial charge >= 0.3 is 0 Å². The number of primary sulfonamides is 1. The van der Waals surface area contributed by atoms with E-state index >= 15 is 0 Å². The lowest BCUT2D eigenvalue weighted by Crippen LogP contribution is -2.13. The number of nitrogens with two attached hydrogens (primary N) is 1. The molecule has 3 N–H and O–H groups in total. The minimum atomic E-state index is -4.02. The average Bonchev–Trinajstić information content (AvgIpc) is 3.27. The molecule has 1 heterocycles. The highest BCUT2D eigenvalue weighted by Crippen LogP contribution is 2.37. The summed E-state index contributed by atoms with van der Waals surface area (Å²) < 4.78 is 30.3. The van der Waals surface area contributed by atoms with Crippen LogP contribution in [0, 0.1) is 0 Å². The zero-order chi connectivity index (χ0) is 24.1. The lowest BCUT2D eigenvalue weighted by atomic mass is 10.2. The van der Waals surface area contributed by atoms with Crippen LogP contribution in [-0.4, -0.2) is 18.6 Å². The van der Waals surface area contributed by atoms with Crippen molar-refractivity contribution in [1.82, 2.24) is 15.5 Å². The van der Waals surface area contributed by atoms with Gasteiger partial charge in [-0.05, 0) is 35.4 Å². The summed E-state index contributed by atoms with van der Waals surface area (Å²) in [5, 5.41) is 17.7. The van der Waals surface area contributed by atoms with Crippen molar-refractivity contribution in [1.29, 1.82) is 0 Å². The van der Waals surface area contributed by atoms with Gasteiger partial charge in [0.2, 0.25) is 21.8 Å². The number of nitrogens with one attached hydrogen (secondary N) is 1. The van der Waals surface area contributed by atoms with E-state index in [2.05, 4.69) is 15.5 Å². The fourth-order valence-corrected chi connectivity index (χ4v) is 5.62. The maximum Gasteiger partial charge on any atom is 0.249 e. The average molecular weight is 572 g/mol. The number of hydrogen-bond donors (Lipinski definition) is 2. The summed E-state index contributed by atoms with van der Waals surface area (Å²) in [5.74, 6) is 1.00. The molecule has 0 aliphatic rings. The van der Waals surface area contributed by atoms with Gasteiger partial charge in [-0.25, -0.2) is 13.6 Å². The molecule has 12 heteroatoms. The standard InChI is InChI=1S/C23H20Cl2N4O3S2.ClH/c24-17-8-6-15(7-9-17)12-27-13-22-28-29-23(32-22)18-10-21(34(26,30)31)20(11-19(18)25)33-14-16-4-2-1-3-5-16;/h1-11,27H,12-14H2,(H2,26,30,31);1H. The van der Waals surface area contributed by atoms with E-state index in [4.69, 9.17) is 32.8 Å². The van der Waals surface area contributed by atoms with Crippen LogP contribution in [0.2, 0.25) is 10.0 Å². The maximum atomic E-state index is 12.3. The van der Waals surface area contributed by atoms with Gasteiger partial charge in [0.05, 0.1) is 22.0 Å². The summed E-state index contributed by atoms with van der Waals surface area (Å²) in [6, 6.07) is 20.1. The molecular formula is C23H21Cl3N4O3S2. The Morgan fingerprint density at radius 3 is 2.34 bits per heavy atom. The van der Waals surface area contributed by atoms with Crippen LogP contribution in [0.3, 0.4) is 0 Å². The van der Waals surface area contributed by atoms with E-state index in [-0.39, 0.29) is 28.2 Å². The first kappa shape index (κ1) is 27.5. The maximum absolute atomic E-state index is 12.3. The van der Waals surface area contributed by atoms with Crippen LogP contribution in [0.25, 0.3) is 11.5 Å². The van der Waals surface area contributed by atoms with E-state index in [9.17, 15) is 8.42 Å². The number of hydrogen-bond acceptors (Lipinski definition) is 7. The van der Waals surface area contributed by atoms with Gasteiger partial charge in [-0.3, -0.25) is 0 Å². The zero-order valence-corrected chi connectivity index (χ0v) is 22.1. The van der Waals surface area contributed by atoms with Crippen LogP contribution >= 0.6 is 47.4 Å². The minimum Gasteiger partial charge on any atom is -0.419 e. The molecule has 184 valence electrons. The van der Waals surface area contributed by atoms with Crippen molar-refractivity contribution < 1.29 is 12.8 Å². The van der Waals surface area contributed by atoms with Gasteiger partial charge in [0.15, 0.2) is 0 Å². The summed E-state index contributed by atoms with van der Waals surface area (Å²) in [5.41, 5.74) is 2.39. The molecule has 35 heavy (non-hydrogen) atoms. The molecule has 4 aromatic rings. The van der Waals surface area contributed by atoms with Gasteiger partial charge in [0, 0.05) is 22.2 Å². The first-order valence-corrected chi connectivity index (χ1v) is 13.4. The van der Waals surface area contributed by atoms with Crippen molar-refractivity contribution in [3.05, 3.63) is 93.8 Å². The molecule has 0 amide bonds. The molecule has 0 bridgehead atoms. The third-order valence-corrected chi connectivity index (χ3v) is 7.56. The predicted octanol–water partition coefficient (Wildman–Crippen LogP) is 5.69.